The average Bonchev–Trinajstić information content (AvgIpc) is 3.54. The van der Waals surface area contributed by atoms with E-state index >= 15 is 0 Å². The monoisotopic (exact) mass is 614 g/mol. The first-order valence-electron chi connectivity index (χ1n) is 16.6. The van der Waals surface area contributed by atoms with Gasteiger partial charge in [-0.2, -0.15) is 0 Å². The third-order valence-electron chi connectivity index (χ3n) is 9.92. The maximum absolute atomic E-state index is 6.57. The summed E-state index contributed by atoms with van der Waals surface area (Å²) in [4.78, 5) is 4.92. The zero-order valence-electron chi connectivity index (χ0n) is 26.4. The summed E-state index contributed by atoms with van der Waals surface area (Å²) < 4.78 is 8.84. The number of imidazole rings is 1. The molecule has 10 rings (SSSR count). The number of aromatic nitrogens is 2. The quantitative estimate of drug-likeness (QED) is 0.184. The Morgan fingerprint density at radius 3 is 2.06 bits per heavy atom. The van der Waals surface area contributed by atoms with Crippen LogP contribution in [0.15, 0.2) is 152 Å². The van der Waals surface area contributed by atoms with Gasteiger partial charge in [-0.1, -0.05) is 128 Å². The highest BCUT2D eigenvalue weighted by Gasteiger charge is 2.24. The molecule has 2 heterocycles. The summed E-state index contributed by atoms with van der Waals surface area (Å²) in [5.74, 6) is 2.73. The number of para-hydroxylation sites is 1. The second kappa shape index (κ2) is 10.4. The molecular weight excluding hydrogens is 585 g/mol. The van der Waals surface area contributed by atoms with E-state index in [1.165, 1.54) is 54.6 Å². The van der Waals surface area contributed by atoms with Crippen LogP contribution in [-0.4, -0.2) is 9.55 Å². The van der Waals surface area contributed by atoms with Crippen LogP contribution in [0.1, 0.15) is 12.7 Å². The van der Waals surface area contributed by atoms with Crippen molar-refractivity contribution in [3.8, 4) is 50.6 Å². The first-order chi connectivity index (χ1) is 23.8. The Hall–Kier alpha value is -6.19. The van der Waals surface area contributed by atoms with Gasteiger partial charge in [0.05, 0.1) is 11.2 Å². The number of benzene rings is 8. The highest BCUT2D eigenvalue weighted by molar-refractivity contribution is 6.24. The van der Waals surface area contributed by atoms with Gasteiger partial charge in [0.15, 0.2) is 11.5 Å². The molecule has 0 unspecified atom stereocenters. The molecule has 0 amide bonds. The third-order valence-corrected chi connectivity index (χ3v) is 9.92. The molecule has 3 nitrogen and oxygen atoms in total. The Morgan fingerprint density at radius 2 is 1.21 bits per heavy atom. The van der Waals surface area contributed by atoms with Gasteiger partial charge in [0, 0.05) is 6.42 Å². The lowest BCUT2D eigenvalue weighted by molar-refractivity contribution is 0.474. The van der Waals surface area contributed by atoms with Gasteiger partial charge in [-0.25, -0.2) is 4.98 Å². The van der Waals surface area contributed by atoms with Crippen molar-refractivity contribution in [1.82, 2.24) is 9.55 Å². The summed E-state index contributed by atoms with van der Waals surface area (Å²) in [6, 6.07) is 54.8. The molecule has 0 atom stereocenters. The van der Waals surface area contributed by atoms with Gasteiger partial charge >= 0.3 is 0 Å². The van der Waals surface area contributed by atoms with Gasteiger partial charge < -0.3 is 4.74 Å². The topological polar surface area (TPSA) is 27.1 Å². The van der Waals surface area contributed by atoms with E-state index in [4.69, 9.17) is 9.72 Å². The van der Waals surface area contributed by atoms with Crippen LogP contribution < -0.4 is 4.74 Å². The molecule has 9 aromatic rings. The number of aryl methyl sites for hydroxylation is 1. The van der Waals surface area contributed by atoms with Gasteiger partial charge in [-0.05, 0) is 96.0 Å². The standard InChI is InChI=1S/C45H30N2O/c1-2-42-46-38-20-11-21-40-45(38)47(42)39-25-23-31(27-41(39)48-40)30-22-24-36-37(26-30)44(33-19-10-15-28-12-6-7-16-32(28)33)35-18-9-8-17-34(35)43(36)29-13-4-3-5-14-29/h3-27H,2H2,1H3. The van der Waals surface area contributed by atoms with Crippen LogP contribution in [0.3, 0.4) is 0 Å². The molecule has 0 aliphatic carbocycles. The minimum Gasteiger partial charge on any atom is -0.453 e. The Balaban J connectivity index is 1.26. The smallest absolute Gasteiger partial charge is 0.153 e. The lowest BCUT2D eigenvalue weighted by atomic mass is 9.84. The van der Waals surface area contributed by atoms with E-state index < -0.39 is 0 Å². The molecule has 0 fully saturated rings. The molecular formula is C45H30N2O. The fraction of sp³-hybridized carbons (Fsp3) is 0.0444. The maximum Gasteiger partial charge on any atom is 0.153 e. The van der Waals surface area contributed by atoms with E-state index in [2.05, 4.69) is 151 Å². The highest BCUT2D eigenvalue weighted by Crippen LogP contribution is 2.47. The zero-order chi connectivity index (χ0) is 31.8. The number of ether oxygens (including phenoxy) is 1. The SMILES string of the molecule is CCc1nc2cccc3c2n1-c1ccc(-c2ccc4c(-c5ccccc5)c5ccccc5c(-c5cccc6ccccc56)c4c2)cc1O3. The zero-order valence-corrected chi connectivity index (χ0v) is 26.4. The number of hydrogen-bond acceptors (Lipinski definition) is 2. The number of hydrogen-bond donors (Lipinski definition) is 0. The maximum atomic E-state index is 6.57. The Bertz CT molecular complexity index is 2730. The molecule has 48 heavy (non-hydrogen) atoms. The highest BCUT2D eigenvalue weighted by atomic mass is 16.5. The molecule has 0 bridgehead atoms. The van der Waals surface area contributed by atoms with E-state index in [-0.39, 0.29) is 0 Å². The van der Waals surface area contributed by atoms with Crippen molar-refractivity contribution in [1.29, 1.82) is 0 Å². The lowest BCUT2D eigenvalue weighted by Crippen LogP contribution is -2.07. The molecule has 1 aromatic heterocycles. The number of fused-ring (bicyclic) bond motifs is 5. The number of rotatable bonds is 4. The molecule has 226 valence electrons. The van der Waals surface area contributed by atoms with Gasteiger partial charge in [-0.3, -0.25) is 4.57 Å². The van der Waals surface area contributed by atoms with E-state index in [0.717, 1.165) is 51.6 Å². The Labute approximate surface area is 278 Å². The molecule has 0 N–H and O–H groups in total. The van der Waals surface area contributed by atoms with Crippen molar-refractivity contribution < 1.29 is 4.74 Å². The van der Waals surface area contributed by atoms with Gasteiger partial charge in [-0.15, -0.1) is 0 Å². The molecule has 8 aromatic carbocycles. The van der Waals surface area contributed by atoms with Crippen molar-refractivity contribution >= 4 is 43.4 Å². The first kappa shape index (κ1) is 27.0. The van der Waals surface area contributed by atoms with Crippen LogP contribution in [-0.2, 0) is 6.42 Å². The lowest BCUT2D eigenvalue weighted by Gasteiger charge is -2.22. The number of nitrogens with zero attached hydrogens (tertiary/aromatic N) is 2. The average molecular weight is 615 g/mol. The third kappa shape index (κ3) is 3.91. The second-order valence-electron chi connectivity index (χ2n) is 12.6. The predicted molar refractivity (Wildman–Crippen MR) is 199 cm³/mol. The van der Waals surface area contributed by atoms with Crippen molar-refractivity contribution in [3.63, 3.8) is 0 Å². The molecule has 3 heteroatoms. The molecule has 0 saturated carbocycles. The molecule has 1 aliphatic rings. The Kier molecular flexibility index (Phi) is 5.85. The van der Waals surface area contributed by atoms with Crippen LogP contribution in [0.4, 0.5) is 0 Å². The normalized spacial score (nSPS) is 12.1. The van der Waals surface area contributed by atoms with Crippen LogP contribution in [0.5, 0.6) is 11.5 Å². The van der Waals surface area contributed by atoms with Crippen molar-refractivity contribution in [2.75, 3.05) is 0 Å². The van der Waals surface area contributed by atoms with Gasteiger partial charge in [0.25, 0.3) is 0 Å². The Morgan fingerprint density at radius 1 is 0.521 bits per heavy atom. The minimum atomic E-state index is 0.842. The van der Waals surface area contributed by atoms with Crippen molar-refractivity contribution in [3.05, 3.63) is 157 Å². The van der Waals surface area contributed by atoms with Gasteiger partial charge in [0.1, 0.15) is 11.3 Å². The van der Waals surface area contributed by atoms with Crippen molar-refractivity contribution in [2.45, 2.75) is 13.3 Å². The van der Waals surface area contributed by atoms with Crippen LogP contribution in [0, 0.1) is 0 Å². The van der Waals surface area contributed by atoms with Crippen LogP contribution in [0.2, 0.25) is 0 Å². The van der Waals surface area contributed by atoms with E-state index in [9.17, 15) is 0 Å². The van der Waals surface area contributed by atoms with Crippen LogP contribution >= 0.6 is 0 Å². The summed E-state index contributed by atoms with van der Waals surface area (Å²) in [5.41, 5.74) is 10.3. The fourth-order valence-corrected chi connectivity index (χ4v) is 7.81. The summed E-state index contributed by atoms with van der Waals surface area (Å²) >= 11 is 0. The van der Waals surface area contributed by atoms with Crippen LogP contribution in [0.25, 0.3) is 82.4 Å². The second-order valence-corrected chi connectivity index (χ2v) is 12.6. The summed E-state index contributed by atoms with van der Waals surface area (Å²) in [5, 5.41) is 7.47. The summed E-state index contributed by atoms with van der Waals surface area (Å²) in [7, 11) is 0. The predicted octanol–water partition coefficient (Wildman–Crippen LogP) is 12.2. The van der Waals surface area contributed by atoms with Crippen molar-refractivity contribution in [2.24, 2.45) is 0 Å². The minimum absolute atomic E-state index is 0.842. The molecule has 0 spiro atoms. The van der Waals surface area contributed by atoms with Gasteiger partial charge in [0.2, 0.25) is 0 Å². The van der Waals surface area contributed by atoms with E-state index in [1.54, 1.807) is 0 Å². The fourth-order valence-electron chi connectivity index (χ4n) is 7.81. The van der Waals surface area contributed by atoms with E-state index in [0.29, 0.717) is 0 Å². The molecule has 0 radical (unpaired) electrons. The summed E-state index contributed by atoms with van der Waals surface area (Å²) in [6.07, 6.45) is 0.842. The molecule has 0 saturated heterocycles. The van der Waals surface area contributed by atoms with E-state index in [1.807, 2.05) is 12.1 Å². The first-order valence-corrected chi connectivity index (χ1v) is 16.6. The largest absolute Gasteiger partial charge is 0.453 e. The molecule has 1 aliphatic heterocycles. The summed E-state index contributed by atoms with van der Waals surface area (Å²) in [6.45, 7) is 2.16.